The van der Waals surface area contributed by atoms with E-state index in [1.807, 2.05) is 0 Å². The van der Waals surface area contributed by atoms with Crippen LogP contribution in [-0.2, 0) is 5.41 Å². The van der Waals surface area contributed by atoms with E-state index in [4.69, 9.17) is 0 Å². The van der Waals surface area contributed by atoms with E-state index in [0.717, 1.165) is 5.92 Å². The van der Waals surface area contributed by atoms with Crippen molar-refractivity contribution in [3.8, 4) is 0 Å². The van der Waals surface area contributed by atoms with Crippen LogP contribution in [0.5, 0.6) is 0 Å². The molecule has 0 spiro atoms. The Balaban J connectivity index is 1.80. The smallest absolute Gasteiger partial charge is 0.0282 e. The number of halogens is 2. The molecular formula is C17H20Br2. The summed E-state index contributed by atoms with van der Waals surface area (Å²) < 4.78 is 0.779. The van der Waals surface area contributed by atoms with E-state index in [2.05, 4.69) is 63.0 Å². The molecular weight excluding hydrogens is 364 g/mol. The van der Waals surface area contributed by atoms with E-state index in [1.54, 1.807) is 5.56 Å². The van der Waals surface area contributed by atoms with Crippen molar-refractivity contribution in [2.75, 3.05) is 0 Å². The highest BCUT2D eigenvalue weighted by Crippen LogP contribution is 2.68. The summed E-state index contributed by atoms with van der Waals surface area (Å²) in [7, 11) is 0. The van der Waals surface area contributed by atoms with Crippen molar-refractivity contribution < 1.29 is 0 Å². The van der Waals surface area contributed by atoms with Gasteiger partial charge in [-0.1, -0.05) is 61.7 Å². The van der Waals surface area contributed by atoms with Gasteiger partial charge in [-0.2, -0.15) is 0 Å². The second-order valence-electron chi connectivity index (χ2n) is 7.46. The lowest BCUT2D eigenvalue weighted by atomic mass is 9.48. The molecule has 4 aliphatic rings. The monoisotopic (exact) mass is 382 g/mol. The molecule has 2 heteroatoms. The molecule has 1 aromatic rings. The predicted octanol–water partition coefficient (Wildman–Crippen LogP) is 5.50. The van der Waals surface area contributed by atoms with Gasteiger partial charge in [0.25, 0.3) is 0 Å². The van der Waals surface area contributed by atoms with Crippen molar-refractivity contribution in [1.82, 2.24) is 0 Å². The van der Waals surface area contributed by atoms with Gasteiger partial charge in [-0.15, -0.1) is 0 Å². The first kappa shape index (κ1) is 12.9. The Bertz CT molecular complexity index is 501. The van der Waals surface area contributed by atoms with Gasteiger partial charge in [-0.05, 0) is 62.3 Å². The number of alkyl halides is 2. The van der Waals surface area contributed by atoms with Crippen LogP contribution in [0.3, 0.4) is 0 Å². The molecule has 102 valence electrons. The highest BCUT2D eigenvalue weighted by Gasteiger charge is 2.62. The maximum absolute atomic E-state index is 4.11. The topological polar surface area (TPSA) is 0 Å². The summed E-state index contributed by atoms with van der Waals surface area (Å²) in [5, 5.41) is 0. The highest BCUT2D eigenvalue weighted by molar-refractivity contribution is 9.10. The summed E-state index contributed by atoms with van der Waals surface area (Å²) >= 11 is 8.22. The van der Waals surface area contributed by atoms with E-state index in [1.165, 1.54) is 44.1 Å². The van der Waals surface area contributed by atoms with E-state index in [0.29, 0.717) is 14.1 Å². The molecule has 0 nitrogen and oxygen atoms in total. The van der Waals surface area contributed by atoms with Gasteiger partial charge in [0.15, 0.2) is 0 Å². The Morgan fingerprint density at radius 1 is 0.895 bits per heavy atom. The first-order valence-electron chi connectivity index (χ1n) is 7.36. The van der Waals surface area contributed by atoms with E-state index < -0.39 is 0 Å². The number of hydrogen-bond donors (Lipinski definition) is 0. The van der Waals surface area contributed by atoms with Crippen LogP contribution >= 0.6 is 31.9 Å². The van der Waals surface area contributed by atoms with Crippen LogP contribution in [0.4, 0.5) is 0 Å². The lowest BCUT2D eigenvalue weighted by Crippen LogP contribution is -2.60. The molecule has 4 fully saturated rings. The third kappa shape index (κ3) is 1.97. The Morgan fingerprint density at radius 3 is 2.00 bits per heavy atom. The third-order valence-electron chi connectivity index (χ3n) is 5.60. The summed E-state index contributed by atoms with van der Waals surface area (Å²) in [5.74, 6) is 0.899. The molecule has 0 radical (unpaired) electrons. The molecule has 0 aromatic heterocycles. The Labute approximate surface area is 132 Å². The average molecular weight is 384 g/mol. The van der Waals surface area contributed by atoms with Crippen LogP contribution in [0, 0.1) is 12.8 Å². The second-order valence-corrected chi connectivity index (χ2v) is 10.8. The summed E-state index contributed by atoms with van der Waals surface area (Å²) in [4.78, 5) is 0. The predicted molar refractivity (Wildman–Crippen MR) is 87.4 cm³/mol. The molecule has 1 aromatic carbocycles. The number of aryl methyl sites for hydroxylation is 1. The summed E-state index contributed by atoms with van der Waals surface area (Å²) in [6, 6.07) is 9.34. The maximum atomic E-state index is 4.11. The number of benzene rings is 1. The fourth-order valence-corrected chi connectivity index (χ4v) is 8.87. The van der Waals surface area contributed by atoms with Crippen molar-refractivity contribution in [3.05, 3.63) is 35.4 Å². The van der Waals surface area contributed by atoms with E-state index in [9.17, 15) is 0 Å². The molecule has 0 amide bonds. The van der Waals surface area contributed by atoms with Gasteiger partial charge in [-0.3, -0.25) is 0 Å². The van der Waals surface area contributed by atoms with Crippen molar-refractivity contribution in [2.24, 2.45) is 5.92 Å². The maximum Gasteiger partial charge on any atom is 0.0282 e. The Morgan fingerprint density at radius 2 is 1.47 bits per heavy atom. The minimum Gasteiger partial charge on any atom is -0.0852 e. The second kappa shape index (κ2) is 3.88. The standard InChI is InChI=1S/C17H20Br2/c1-12-2-4-14(5-3-12)15-6-13-7-16(18,9-15)11-17(19,8-13)10-15/h2-5,13H,6-11H2,1H3/t13?,15?,16-,17-/m0/s1. The van der Waals surface area contributed by atoms with Gasteiger partial charge in [0.1, 0.15) is 0 Å². The molecule has 0 saturated heterocycles. The van der Waals surface area contributed by atoms with Crippen LogP contribution in [0.15, 0.2) is 24.3 Å². The molecule has 0 unspecified atom stereocenters. The first-order chi connectivity index (χ1) is 8.91. The molecule has 19 heavy (non-hydrogen) atoms. The fourth-order valence-electron chi connectivity index (χ4n) is 5.43. The minimum atomic E-state index is 0.390. The molecule has 5 rings (SSSR count). The van der Waals surface area contributed by atoms with Crippen molar-refractivity contribution in [1.29, 1.82) is 0 Å². The van der Waals surface area contributed by atoms with Crippen molar-refractivity contribution in [2.45, 2.75) is 59.5 Å². The minimum absolute atomic E-state index is 0.390. The van der Waals surface area contributed by atoms with Crippen LogP contribution in [0.2, 0.25) is 0 Å². The molecule has 0 heterocycles. The lowest BCUT2D eigenvalue weighted by Gasteiger charge is -2.63. The number of hydrogen-bond acceptors (Lipinski definition) is 0. The zero-order chi connectivity index (χ0) is 13.3. The molecule has 0 aliphatic heterocycles. The van der Waals surface area contributed by atoms with Crippen molar-refractivity contribution in [3.63, 3.8) is 0 Å². The van der Waals surface area contributed by atoms with Crippen LogP contribution in [0.25, 0.3) is 0 Å². The van der Waals surface area contributed by atoms with Crippen LogP contribution in [-0.4, -0.2) is 8.65 Å². The summed E-state index contributed by atoms with van der Waals surface area (Å²) in [5.41, 5.74) is 3.37. The van der Waals surface area contributed by atoms with Gasteiger partial charge >= 0.3 is 0 Å². The van der Waals surface area contributed by atoms with Gasteiger partial charge in [0.2, 0.25) is 0 Å². The third-order valence-corrected chi connectivity index (χ3v) is 7.37. The molecule has 0 N–H and O–H groups in total. The highest BCUT2D eigenvalue weighted by atomic mass is 79.9. The normalized spacial score (nSPS) is 47.6. The van der Waals surface area contributed by atoms with Gasteiger partial charge in [-0.25, -0.2) is 0 Å². The molecule has 2 atom stereocenters. The number of rotatable bonds is 1. The first-order valence-corrected chi connectivity index (χ1v) is 8.94. The summed E-state index contributed by atoms with van der Waals surface area (Å²) in [6.45, 7) is 2.18. The van der Waals surface area contributed by atoms with E-state index >= 15 is 0 Å². The average Bonchev–Trinajstić information content (AvgIpc) is 2.24. The van der Waals surface area contributed by atoms with Gasteiger partial charge < -0.3 is 0 Å². The largest absolute Gasteiger partial charge is 0.0852 e. The van der Waals surface area contributed by atoms with Crippen molar-refractivity contribution >= 4 is 31.9 Å². The van der Waals surface area contributed by atoms with Gasteiger partial charge in [0, 0.05) is 8.65 Å². The lowest BCUT2D eigenvalue weighted by molar-refractivity contribution is 0.0358. The zero-order valence-electron chi connectivity index (χ0n) is 11.4. The van der Waals surface area contributed by atoms with Gasteiger partial charge in [0.05, 0.1) is 0 Å². The molecule has 4 aliphatic carbocycles. The SMILES string of the molecule is Cc1ccc(C23CC4C[C@](Br)(C2)C[C@](Br)(C4)C3)cc1. The quantitative estimate of drug-likeness (QED) is 0.561. The summed E-state index contributed by atoms with van der Waals surface area (Å²) in [6.07, 6.45) is 8.13. The Kier molecular flexibility index (Phi) is 2.63. The molecule has 4 saturated carbocycles. The van der Waals surface area contributed by atoms with E-state index in [-0.39, 0.29) is 0 Å². The zero-order valence-corrected chi connectivity index (χ0v) is 14.6. The van der Waals surface area contributed by atoms with Crippen LogP contribution < -0.4 is 0 Å². The molecule has 4 bridgehead atoms. The Hall–Kier alpha value is 0.180. The van der Waals surface area contributed by atoms with Crippen LogP contribution in [0.1, 0.15) is 49.7 Å². The fraction of sp³-hybridized carbons (Fsp3) is 0.647.